The first kappa shape index (κ1) is 45.7. The molecule has 0 amide bonds. The van der Waals surface area contributed by atoms with Gasteiger partial charge < -0.3 is 20.5 Å². The Morgan fingerprint density at radius 2 is 1.03 bits per heavy atom. The van der Waals surface area contributed by atoms with Crippen molar-refractivity contribution in [2.24, 2.45) is 14.1 Å². The molecule has 2 heterocycles. The van der Waals surface area contributed by atoms with E-state index < -0.39 is 0 Å². The van der Waals surface area contributed by atoms with Crippen LogP contribution >= 0.6 is 99.9 Å². The van der Waals surface area contributed by atoms with Crippen LogP contribution in [0.2, 0.25) is 0 Å². The van der Waals surface area contributed by atoms with Gasteiger partial charge in [0, 0.05) is 91.9 Å². The minimum absolute atomic E-state index is 0. The van der Waals surface area contributed by atoms with Gasteiger partial charge in [0.25, 0.3) is 0 Å². The average molecular weight is 1260 g/mol. The van der Waals surface area contributed by atoms with E-state index >= 15 is 0 Å². The van der Waals surface area contributed by atoms with E-state index in [9.17, 15) is 0 Å². The van der Waals surface area contributed by atoms with Gasteiger partial charge in [0.2, 0.25) is 0 Å². The Morgan fingerprint density at radius 1 is 0.771 bits per heavy atom. The van der Waals surface area contributed by atoms with E-state index in [0.717, 1.165) is 11.1 Å². The fourth-order valence-electron chi connectivity index (χ4n) is 2.62. The molecule has 0 unspecified atom stereocenters. The summed E-state index contributed by atoms with van der Waals surface area (Å²) >= 11 is 12.1. The van der Waals surface area contributed by atoms with Crippen LogP contribution < -0.4 is 0 Å². The van der Waals surface area contributed by atoms with Crippen LogP contribution in [0.15, 0.2) is 67.5 Å². The van der Waals surface area contributed by atoms with E-state index in [0.29, 0.717) is 9.47 Å². The molecular formula is C23H24I5N2OV2Y2-4. The number of nitrogens with zero attached hydrogens (tertiary/aromatic N) is 2. The standard InChI is InChI=1S/2C10H10N.C2H3.CHO.5HI.2V.2Y/c2*1-8-3-4-9-5-6-11(2)10(9)7-8;2*1-2;;;;;;;;;/h2*3-7H,1H2,2H3;1H,2H2;1H;5*1H;;;;/q4*-1;;;;;;+2;+3;;/p-5. The van der Waals surface area contributed by atoms with E-state index in [1.54, 1.807) is 0 Å². The quantitative estimate of drug-likeness (QED) is 0.0981. The predicted molar refractivity (Wildman–Crippen MR) is 182 cm³/mol. The van der Waals surface area contributed by atoms with Crippen LogP contribution in [0, 0.1) is 20.4 Å². The summed E-state index contributed by atoms with van der Waals surface area (Å²) in [7, 11) is 4.71. The van der Waals surface area contributed by atoms with Crippen molar-refractivity contribution in [2.75, 3.05) is 0 Å². The molecule has 0 bridgehead atoms. The molecule has 2 radical (unpaired) electrons. The Kier molecular flexibility index (Phi) is 38.1. The molecule has 187 valence electrons. The van der Waals surface area contributed by atoms with Gasteiger partial charge >= 0.3 is 114 Å². The molecule has 4 aromatic rings. The molecule has 0 aliphatic carbocycles. The zero-order valence-corrected chi connectivity index (χ0v) is 38.5. The number of carbonyl (C=O) groups excluding carboxylic acids is 1. The van der Waals surface area contributed by atoms with Crippen LogP contribution in [-0.2, 0) is 98.7 Å². The number of hydrogen-bond donors (Lipinski definition) is 0. The molecule has 4 rings (SSSR count). The van der Waals surface area contributed by atoms with Crippen molar-refractivity contribution in [1.29, 1.82) is 0 Å². The minimum Gasteiger partial charge on any atom is 0 e. The van der Waals surface area contributed by atoms with Crippen LogP contribution in [0.4, 0.5) is 0 Å². The molecule has 0 aliphatic rings. The third kappa shape index (κ3) is 21.1. The summed E-state index contributed by atoms with van der Waals surface area (Å²) in [6.45, 7) is 18.0. The second kappa shape index (κ2) is 29.2. The monoisotopic (exact) mass is 1260 g/mol. The topological polar surface area (TPSA) is 26.9 Å². The largest absolute Gasteiger partial charge is 0 e. The van der Waals surface area contributed by atoms with E-state index in [2.05, 4.69) is 192 Å². The molecule has 0 N–H and O–H groups in total. The van der Waals surface area contributed by atoms with Crippen LogP contribution in [-0.4, -0.2) is 15.9 Å². The van der Waals surface area contributed by atoms with E-state index in [-0.39, 0.29) is 70.3 Å². The SMILES string of the molecule is [CH-]=C.[CH-]=O.[CH2-]c1ccc2ccn(C)c2c1.[CH2-]c1ccc2ccn(C)c2c1.[I][V]([I])[I].[I][V][I].[Y].[Y]. The number of halogens is 5. The Hall–Kier alpha value is 3.70. The zero-order valence-electron chi connectivity index (χ0n) is 19.3. The van der Waals surface area contributed by atoms with Gasteiger partial charge in [0.1, 0.15) is 0 Å². The van der Waals surface area contributed by atoms with Crippen molar-refractivity contribution in [2.45, 2.75) is 0 Å². The van der Waals surface area contributed by atoms with Crippen molar-refractivity contribution >= 4 is 128 Å². The van der Waals surface area contributed by atoms with Gasteiger partial charge in [-0.15, -0.1) is 24.3 Å². The maximum atomic E-state index is 7.75. The average Bonchev–Trinajstić information content (AvgIpc) is 3.34. The third-order valence-corrected chi connectivity index (χ3v) is 3.91. The molecule has 35 heavy (non-hydrogen) atoms. The van der Waals surface area contributed by atoms with E-state index in [1.807, 2.05) is 26.2 Å². The fourth-order valence-corrected chi connectivity index (χ4v) is 2.62. The summed E-state index contributed by atoms with van der Waals surface area (Å²) in [4.78, 5) is 7.47. The molecule has 0 atom stereocenters. The summed E-state index contributed by atoms with van der Waals surface area (Å²) in [5, 5.41) is 2.56. The van der Waals surface area contributed by atoms with E-state index in [4.69, 9.17) is 4.79 Å². The van der Waals surface area contributed by atoms with Crippen molar-refractivity contribution < 1.29 is 84.6 Å². The minimum atomic E-state index is -0.278. The Bertz CT molecular complexity index is 982. The van der Waals surface area contributed by atoms with Gasteiger partial charge in [-0.1, -0.05) is 0 Å². The maximum Gasteiger partial charge on any atom is 0 e. The van der Waals surface area contributed by atoms with Crippen molar-refractivity contribution in [1.82, 2.24) is 9.13 Å². The third-order valence-electron chi connectivity index (χ3n) is 3.91. The Labute approximate surface area is 328 Å². The molecule has 0 saturated heterocycles. The maximum absolute atomic E-state index is 7.75. The van der Waals surface area contributed by atoms with Gasteiger partial charge in [0.15, 0.2) is 0 Å². The fraction of sp³-hybridized carbons (Fsp3) is 0.0870. The Balaban J connectivity index is -0.000000189. The van der Waals surface area contributed by atoms with Gasteiger partial charge in [-0.2, -0.15) is 37.1 Å². The second-order valence-electron chi connectivity index (χ2n) is 5.90. The molecule has 0 spiro atoms. The number of rotatable bonds is 0. The Morgan fingerprint density at radius 3 is 1.29 bits per heavy atom. The first-order valence-corrected chi connectivity index (χ1v) is 31.3. The van der Waals surface area contributed by atoms with Crippen molar-refractivity contribution in [3.63, 3.8) is 0 Å². The summed E-state index contributed by atoms with van der Waals surface area (Å²) in [6.07, 6.45) is 4.12. The second-order valence-corrected chi connectivity index (χ2v) is 53.1. The molecule has 12 heteroatoms. The smallest absolute Gasteiger partial charge is 0 e. The molecule has 0 aliphatic heterocycles. The summed E-state index contributed by atoms with van der Waals surface area (Å²) in [6, 6.07) is 16.6. The number of aryl methyl sites for hydroxylation is 2. The summed E-state index contributed by atoms with van der Waals surface area (Å²) in [5.74, 6) is 0. The first-order valence-electron chi connectivity index (χ1n) is 8.77. The molecule has 0 fully saturated rings. The molecule has 2 aromatic heterocycles. The predicted octanol–water partition coefficient (Wildman–Crippen LogP) is 9.47. The van der Waals surface area contributed by atoms with Gasteiger partial charge in [-0.25, -0.2) is 0 Å². The van der Waals surface area contributed by atoms with Crippen LogP contribution in [0.1, 0.15) is 11.1 Å². The molecule has 2 aromatic carbocycles. The van der Waals surface area contributed by atoms with Gasteiger partial charge in [-0.05, 0) is 33.9 Å². The van der Waals surface area contributed by atoms with Gasteiger partial charge in [0.05, 0.1) is 0 Å². The summed E-state index contributed by atoms with van der Waals surface area (Å²) < 4.78 is 4.20. The number of benzene rings is 2. The first-order chi connectivity index (χ1) is 15.7. The van der Waals surface area contributed by atoms with Crippen LogP contribution in [0.5, 0.6) is 0 Å². The molecular weight excluding hydrogens is 1230 g/mol. The van der Waals surface area contributed by atoms with Crippen LogP contribution in [0.3, 0.4) is 0 Å². The zero-order chi connectivity index (χ0) is 26.0. The molecule has 0 saturated carbocycles. The van der Waals surface area contributed by atoms with Crippen molar-refractivity contribution in [3.05, 3.63) is 99.1 Å². The number of fused-ring (bicyclic) bond motifs is 2. The number of hydrogen-bond acceptors (Lipinski definition) is 1. The van der Waals surface area contributed by atoms with Crippen molar-refractivity contribution in [3.8, 4) is 0 Å². The summed E-state index contributed by atoms with van der Waals surface area (Å²) in [5.41, 5.74) is 4.63. The van der Waals surface area contributed by atoms with Gasteiger partial charge in [-0.3, -0.25) is 13.4 Å². The number of aromatic nitrogens is 2. The molecule has 3 nitrogen and oxygen atoms in total. The van der Waals surface area contributed by atoms with E-state index in [1.165, 1.54) is 21.8 Å². The van der Waals surface area contributed by atoms with Crippen LogP contribution in [0.25, 0.3) is 21.8 Å². The normalized spacial score (nSPS) is 8.34.